The van der Waals surface area contributed by atoms with E-state index in [0.717, 1.165) is 13.0 Å². The maximum absolute atomic E-state index is 3.81. The number of likely N-dealkylation sites (N-methyl/N-ethyl adjacent to an activating group) is 1. The summed E-state index contributed by atoms with van der Waals surface area (Å²) < 4.78 is 0. The number of nitrogens with one attached hydrogen (secondary N) is 1. The molecule has 1 heterocycles. The highest BCUT2D eigenvalue weighted by Gasteiger charge is 2.19. The van der Waals surface area contributed by atoms with Gasteiger partial charge in [0.25, 0.3) is 0 Å². The Hall–Kier alpha value is -0.380. The number of hydrogen-bond acceptors (Lipinski definition) is 3. The van der Waals surface area contributed by atoms with Crippen LogP contribution in [0.25, 0.3) is 0 Å². The second-order valence-corrected chi connectivity index (χ2v) is 6.23. The van der Waals surface area contributed by atoms with E-state index in [2.05, 4.69) is 62.6 Å². The van der Waals surface area contributed by atoms with E-state index in [9.17, 15) is 0 Å². The maximum Gasteiger partial charge on any atom is 0.0414 e. The van der Waals surface area contributed by atoms with E-state index in [1.165, 1.54) is 4.88 Å². The summed E-state index contributed by atoms with van der Waals surface area (Å²) in [7, 11) is 4.28. The Labute approximate surface area is 110 Å². The molecule has 2 nitrogen and oxygen atoms in total. The van der Waals surface area contributed by atoms with Gasteiger partial charge in [0.15, 0.2) is 0 Å². The molecule has 0 radical (unpaired) electrons. The molecule has 17 heavy (non-hydrogen) atoms. The van der Waals surface area contributed by atoms with Crippen LogP contribution in [0.15, 0.2) is 17.5 Å². The van der Waals surface area contributed by atoms with Gasteiger partial charge in [-0.15, -0.1) is 11.3 Å². The van der Waals surface area contributed by atoms with Crippen LogP contribution in [-0.4, -0.2) is 31.6 Å². The fraction of sp³-hybridized carbons (Fsp3) is 0.714. The summed E-state index contributed by atoms with van der Waals surface area (Å²) in [6, 6.07) is 5.43. The molecule has 0 aromatic carbocycles. The van der Waals surface area contributed by atoms with Gasteiger partial charge < -0.3 is 10.2 Å². The van der Waals surface area contributed by atoms with Gasteiger partial charge >= 0.3 is 0 Å². The van der Waals surface area contributed by atoms with Crippen LogP contribution in [0.2, 0.25) is 0 Å². The van der Waals surface area contributed by atoms with Crippen LogP contribution in [0.5, 0.6) is 0 Å². The Morgan fingerprint density at radius 3 is 2.47 bits per heavy atom. The van der Waals surface area contributed by atoms with Crippen molar-refractivity contribution in [1.29, 1.82) is 0 Å². The monoisotopic (exact) mass is 254 g/mol. The summed E-state index contributed by atoms with van der Waals surface area (Å²) in [5.74, 6) is 0.659. The van der Waals surface area contributed by atoms with E-state index in [4.69, 9.17) is 0 Å². The molecule has 0 spiro atoms. The van der Waals surface area contributed by atoms with Gasteiger partial charge in [0.2, 0.25) is 0 Å². The van der Waals surface area contributed by atoms with Gasteiger partial charge in [0, 0.05) is 23.5 Å². The van der Waals surface area contributed by atoms with Crippen LogP contribution in [0, 0.1) is 5.92 Å². The summed E-state index contributed by atoms with van der Waals surface area (Å²) in [4.78, 5) is 3.72. The van der Waals surface area contributed by atoms with Crippen molar-refractivity contribution in [3.63, 3.8) is 0 Å². The van der Waals surface area contributed by atoms with Crippen molar-refractivity contribution in [2.45, 2.75) is 39.3 Å². The number of nitrogens with zero attached hydrogens (tertiary/aromatic N) is 1. The topological polar surface area (TPSA) is 15.3 Å². The van der Waals surface area contributed by atoms with Crippen LogP contribution in [-0.2, 0) is 0 Å². The summed E-state index contributed by atoms with van der Waals surface area (Å²) >= 11 is 1.85. The predicted octanol–water partition coefficient (Wildman–Crippen LogP) is 3.38. The first kappa shape index (κ1) is 14.7. The largest absolute Gasteiger partial charge is 0.308 e. The quantitative estimate of drug-likeness (QED) is 0.802. The van der Waals surface area contributed by atoms with Crippen LogP contribution in [0.3, 0.4) is 0 Å². The lowest BCUT2D eigenvalue weighted by Gasteiger charge is -2.29. The zero-order chi connectivity index (χ0) is 12.8. The third-order valence-electron chi connectivity index (χ3n) is 3.08. The smallest absolute Gasteiger partial charge is 0.0414 e. The minimum atomic E-state index is 0.502. The lowest BCUT2D eigenvalue weighted by atomic mass is 10.0. The van der Waals surface area contributed by atoms with Gasteiger partial charge in [-0.05, 0) is 37.9 Å². The molecular weight excluding hydrogens is 228 g/mol. The Morgan fingerprint density at radius 1 is 1.35 bits per heavy atom. The summed E-state index contributed by atoms with van der Waals surface area (Å²) in [6.07, 6.45) is 1.15. The normalized spacial score (nSPS) is 15.5. The van der Waals surface area contributed by atoms with Gasteiger partial charge in [-0.25, -0.2) is 0 Å². The minimum Gasteiger partial charge on any atom is -0.308 e. The molecule has 0 aliphatic rings. The van der Waals surface area contributed by atoms with Gasteiger partial charge in [0.1, 0.15) is 0 Å². The molecule has 1 N–H and O–H groups in total. The molecule has 1 aromatic heterocycles. The highest BCUT2D eigenvalue weighted by molar-refractivity contribution is 7.10. The second-order valence-electron chi connectivity index (χ2n) is 5.26. The Morgan fingerprint density at radius 2 is 2.06 bits per heavy atom. The molecule has 0 bridgehead atoms. The molecule has 0 amide bonds. The molecule has 2 unspecified atom stereocenters. The predicted molar refractivity (Wildman–Crippen MR) is 77.7 cm³/mol. The number of rotatable bonds is 7. The molecule has 0 aliphatic heterocycles. The molecule has 2 atom stereocenters. The standard InChI is InChI=1S/C14H26N2S/c1-6-12(14-8-7-9-17-14)15-13(11(2)3)10-16(4)5/h7-9,11-13,15H,6,10H2,1-5H3. The molecule has 0 fully saturated rings. The van der Waals surface area contributed by atoms with E-state index in [1.807, 2.05) is 11.3 Å². The zero-order valence-electron chi connectivity index (χ0n) is 11.7. The van der Waals surface area contributed by atoms with E-state index < -0.39 is 0 Å². The molecule has 1 rings (SSSR count). The Balaban J connectivity index is 2.64. The number of hydrogen-bond donors (Lipinski definition) is 1. The third-order valence-corrected chi connectivity index (χ3v) is 4.06. The second kappa shape index (κ2) is 7.14. The molecule has 0 aliphatic carbocycles. The first-order valence-electron chi connectivity index (χ1n) is 6.48. The average Bonchev–Trinajstić information content (AvgIpc) is 2.76. The van der Waals surface area contributed by atoms with Gasteiger partial charge in [-0.2, -0.15) is 0 Å². The summed E-state index contributed by atoms with van der Waals surface area (Å²) in [5.41, 5.74) is 0. The van der Waals surface area contributed by atoms with E-state index in [0.29, 0.717) is 18.0 Å². The van der Waals surface area contributed by atoms with Gasteiger partial charge in [-0.1, -0.05) is 26.8 Å². The van der Waals surface area contributed by atoms with E-state index in [-0.39, 0.29) is 0 Å². The first-order chi connectivity index (χ1) is 8.04. The van der Waals surface area contributed by atoms with Crippen molar-refractivity contribution in [2.24, 2.45) is 5.92 Å². The van der Waals surface area contributed by atoms with Crippen molar-refractivity contribution in [3.8, 4) is 0 Å². The van der Waals surface area contributed by atoms with E-state index >= 15 is 0 Å². The molecule has 3 heteroatoms. The summed E-state index contributed by atoms with van der Waals surface area (Å²) in [5, 5.41) is 5.97. The fourth-order valence-corrected chi connectivity index (χ4v) is 2.87. The van der Waals surface area contributed by atoms with Crippen LogP contribution >= 0.6 is 11.3 Å². The van der Waals surface area contributed by atoms with Crippen LogP contribution < -0.4 is 5.32 Å². The average molecular weight is 254 g/mol. The fourth-order valence-electron chi connectivity index (χ4n) is 2.00. The third kappa shape index (κ3) is 4.78. The van der Waals surface area contributed by atoms with Crippen molar-refractivity contribution in [1.82, 2.24) is 10.2 Å². The zero-order valence-corrected chi connectivity index (χ0v) is 12.6. The van der Waals surface area contributed by atoms with Crippen LogP contribution in [0.1, 0.15) is 38.1 Å². The van der Waals surface area contributed by atoms with Crippen molar-refractivity contribution in [3.05, 3.63) is 22.4 Å². The minimum absolute atomic E-state index is 0.502. The lowest BCUT2D eigenvalue weighted by Crippen LogP contribution is -2.43. The number of thiophene rings is 1. The highest BCUT2D eigenvalue weighted by atomic mass is 32.1. The van der Waals surface area contributed by atoms with Gasteiger partial charge in [0.05, 0.1) is 0 Å². The molecule has 1 aromatic rings. The van der Waals surface area contributed by atoms with Crippen LogP contribution in [0.4, 0.5) is 0 Å². The summed E-state index contributed by atoms with van der Waals surface area (Å²) in [6.45, 7) is 7.94. The lowest BCUT2D eigenvalue weighted by molar-refractivity contribution is 0.268. The molecular formula is C14H26N2S. The van der Waals surface area contributed by atoms with Crippen molar-refractivity contribution >= 4 is 11.3 Å². The maximum atomic E-state index is 3.81. The SMILES string of the molecule is CCC(NC(CN(C)C)C(C)C)c1cccs1. The first-order valence-corrected chi connectivity index (χ1v) is 7.36. The molecule has 0 saturated heterocycles. The molecule has 0 saturated carbocycles. The Bertz CT molecular complexity index is 293. The Kier molecular flexibility index (Phi) is 6.17. The van der Waals surface area contributed by atoms with E-state index in [1.54, 1.807) is 0 Å². The van der Waals surface area contributed by atoms with Gasteiger partial charge in [-0.3, -0.25) is 0 Å². The van der Waals surface area contributed by atoms with Crippen molar-refractivity contribution in [2.75, 3.05) is 20.6 Å². The molecule has 98 valence electrons. The highest BCUT2D eigenvalue weighted by Crippen LogP contribution is 2.23. The van der Waals surface area contributed by atoms with Crippen molar-refractivity contribution < 1.29 is 0 Å².